The number of hydrogen-bond acceptors (Lipinski definition) is 14. The molecule has 0 atom stereocenters. The molecule has 0 radical (unpaired) electrons. The first-order chi connectivity index (χ1) is 33.0. The van der Waals surface area contributed by atoms with Crippen LogP contribution in [0.1, 0.15) is 18.9 Å². The molecule has 9 aromatic rings. The van der Waals surface area contributed by atoms with E-state index >= 15 is 0 Å². The number of aryl methyl sites for hydroxylation is 1. The van der Waals surface area contributed by atoms with E-state index in [1.165, 1.54) is 24.6 Å². The summed E-state index contributed by atoms with van der Waals surface area (Å²) in [6.07, 6.45) is 1.04. The summed E-state index contributed by atoms with van der Waals surface area (Å²) in [6.45, 7) is 9.12. The summed E-state index contributed by atoms with van der Waals surface area (Å²) in [7, 11) is 0. The number of anilines is 1. The number of thioether (sulfide) groups is 1. The van der Waals surface area contributed by atoms with Gasteiger partial charge in [0.2, 0.25) is 0 Å². The Morgan fingerprint density at radius 1 is 0.522 bits per heavy atom. The van der Waals surface area contributed by atoms with E-state index in [1.54, 1.807) is 45.8 Å². The van der Waals surface area contributed by atoms with Gasteiger partial charge in [-0.3, -0.25) is 0 Å². The molecule has 0 bridgehead atoms. The van der Waals surface area contributed by atoms with Gasteiger partial charge < -0.3 is 34.5 Å². The Morgan fingerprint density at radius 3 is 1.63 bits per heavy atom. The summed E-state index contributed by atoms with van der Waals surface area (Å²) < 4.78 is 25.2. The van der Waals surface area contributed by atoms with Crippen molar-refractivity contribution >= 4 is 82.1 Å². The molecule has 0 aliphatic heterocycles. The summed E-state index contributed by atoms with van der Waals surface area (Å²) in [5, 5.41) is 23.7. The molecule has 0 aliphatic rings. The van der Waals surface area contributed by atoms with Crippen LogP contribution in [0.15, 0.2) is 144 Å². The highest BCUT2D eigenvalue weighted by atomic mass is 32.2. The van der Waals surface area contributed by atoms with Crippen molar-refractivity contribution in [2.24, 2.45) is 0 Å². The average molecular weight is 973 g/mol. The van der Waals surface area contributed by atoms with Crippen molar-refractivity contribution in [3.8, 4) is 37.5 Å². The Labute approximate surface area is 408 Å². The SMILES string of the molecule is CCCOCCOc1ccc(-c2nc3ccccc3s2)cc1.Cc1ccc2nc(-c3ccc(NCCOCCO)cc3)sc2c1.OCCOCCSc1ccc(-c2nc3ccccc3s2)cc1. The van der Waals surface area contributed by atoms with Crippen molar-refractivity contribution < 1.29 is 29.2 Å². The highest BCUT2D eigenvalue weighted by Gasteiger charge is 2.09. The van der Waals surface area contributed by atoms with E-state index in [2.05, 4.69) is 120 Å². The monoisotopic (exact) mass is 972 g/mol. The van der Waals surface area contributed by atoms with Crippen LogP contribution in [0.3, 0.4) is 0 Å². The van der Waals surface area contributed by atoms with Crippen molar-refractivity contribution in [3.05, 3.63) is 145 Å². The highest BCUT2D eigenvalue weighted by Crippen LogP contribution is 2.34. The minimum absolute atomic E-state index is 0.0659. The average Bonchev–Trinajstić information content (AvgIpc) is 4.12. The summed E-state index contributed by atoms with van der Waals surface area (Å²) in [4.78, 5) is 15.3. The second kappa shape index (κ2) is 26.9. The molecule has 3 aromatic heterocycles. The summed E-state index contributed by atoms with van der Waals surface area (Å²) in [6, 6.07) is 47.6. The van der Waals surface area contributed by atoms with Crippen LogP contribution in [0.5, 0.6) is 5.75 Å². The molecule has 67 heavy (non-hydrogen) atoms. The Balaban J connectivity index is 0.000000149. The number of ether oxygens (including phenoxy) is 4. The second-order valence-electron chi connectivity index (χ2n) is 15.0. The summed E-state index contributed by atoms with van der Waals surface area (Å²) in [5.74, 6) is 1.76. The molecule has 0 amide bonds. The van der Waals surface area contributed by atoms with Gasteiger partial charge in [-0.2, -0.15) is 0 Å². The Morgan fingerprint density at radius 2 is 1.04 bits per heavy atom. The third kappa shape index (κ3) is 15.4. The fourth-order valence-electron chi connectivity index (χ4n) is 6.55. The van der Waals surface area contributed by atoms with Crippen LogP contribution >= 0.6 is 45.8 Å². The molecule has 0 unspecified atom stereocenters. The molecule has 348 valence electrons. The molecule has 0 aliphatic carbocycles. The number of aliphatic hydroxyl groups excluding tert-OH is 2. The normalized spacial score (nSPS) is 11.0. The number of nitrogens with zero attached hydrogens (tertiary/aromatic N) is 3. The van der Waals surface area contributed by atoms with Crippen molar-refractivity contribution in [2.45, 2.75) is 25.2 Å². The molecule has 0 saturated carbocycles. The van der Waals surface area contributed by atoms with Crippen LogP contribution in [-0.2, 0) is 14.2 Å². The first kappa shape index (κ1) is 49.6. The van der Waals surface area contributed by atoms with Gasteiger partial charge in [0.25, 0.3) is 0 Å². The van der Waals surface area contributed by atoms with E-state index in [9.17, 15) is 0 Å². The molecular formula is C53H56N4O6S4. The number of rotatable bonds is 21. The maximum atomic E-state index is 8.64. The Kier molecular flexibility index (Phi) is 19.9. The number of hydrogen-bond donors (Lipinski definition) is 3. The zero-order valence-electron chi connectivity index (χ0n) is 37.8. The Hall–Kier alpha value is -5.26. The first-order valence-electron chi connectivity index (χ1n) is 22.3. The van der Waals surface area contributed by atoms with Crippen LogP contribution in [0.2, 0.25) is 0 Å². The van der Waals surface area contributed by atoms with Gasteiger partial charge in [-0.15, -0.1) is 45.8 Å². The van der Waals surface area contributed by atoms with Gasteiger partial charge in [0.15, 0.2) is 0 Å². The summed E-state index contributed by atoms with van der Waals surface area (Å²) in [5.41, 5.74) is 8.88. The number of nitrogens with one attached hydrogen (secondary N) is 1. The highest BCUT2D eigenvalue weighted by molar-refractivity contribution is 7.99. The van der Waals surface area contributed by atoms with Crippen LogP contribution in [0.25, 0.3) is 62.4 Å². The lowest BCUT2D eigenvalue weighted by Crippen LogP contribution is -2.11. The predicted molar refractivity (Wildman–Crippen MR) is 282 cm³/mol. The van der Waals surface area contributed by atoms with Gasteiger partial charge in [-0.25, -0.2) is 15.0 Å². The number of para-hydroxylation sites is 2. The summed E-state index contributed by atoms with van der Waals surface area (Å²) >= 11 is 6.91. The largest absolute Gasteiger partial charge is 0.491 e. The standard InChI is InChI=1S/C18H20N2O2S.C18H19NO2S.C17H17NO2S2/c1-13-2-7-16-17(12-13)23-18(20-16)14-3-5-15(6-4-14)19-8-10-22-11-9-21;1-2-11-20-12-13-21-15-9-7-14(8-10-15)18-19-16-5-3-4-6-17(16)22-18;19-9-10-20-11-12-21-14-7-5-13(6-8-14)17-18-15-3-1-2-4-16(15)22-17/h2-7,12,19,21H,8-11H2,1H3;3-10H,2,11-13H2,1H3;1-8,19H,9-12H2. The van der Waals surface area contributed by atoms with Crippen LogP contribution in [-0.4, -0.2) is 96.9 Å². The maximum absolute atomic E-state index is 8.64. The van der Waals surface area contributed by atoms with Gasteiger partial charge in [-0.05, 0) is 116 Å². The van der Waals surface area contributed by atoms with E-state index in [4.69, 9.17) is 34.1 Å². The van der Waals surface area contributed by atoms with Gasteiger partial charge >= 0.3 is 0 Å². The minimum Gasteiger partial charge on any atom is -0.491 e. The van der Waals surface area contributed by atoms with Crippen LogP contribution in [0, 0.1) is 6.92 Å². The number of benzene rings is 6. The smallest absolute Gasteiger partial charge is 0.124 e. The van der Waals surface area contributed by atoms with Crippen molar-refractivity contribution in [1.82, 2.24) is 15.0 Å². The molecule has 3 heterocycles. The lowest BCUT2D eigenvalue weighted by atomic mass is 10.2. The quantitative estimate of drug-likeness (QED) is 0.0470. The molecule has 9 rings (SSSR count). The van der Waals surface area contributed by atoms with Gasteiger partial charge in [-0.1, -0.05) is 49.4 Å². The molecule has 6 aromatic carbocycles. The van der Waals surface area contributed by atoms with E-state index in [0.717, 1.165) is 85.0 Å². The number of fused-ring (bicyclic) bond motifs is 3. The van der Waals surface area contributed by atoms with Gasteiger partial charge in [0.05, 0.1) is 76.9 Å². The van der Waals surface area contributed by atoms with Gasteiger partial charge in [0, 0.05) is 46.2 Å². The zero-order chi connectivity index (χ0) is 46.5. The topological polar surface area (TPSA) is 128 Å². The van der Waals surface area contributed by atoms with Crippen molar-refractivity contribution in [2.75, 3.05) is 77.1 Å². The van der Waals surface area contributed by atoms with Crippen molar-refractivity contribution in [1.29, 1.82) is 0 Å². The van der Waals surface area contributed by atoms with E-state index in [1.807, 2.05) is 48.5 Å². The zero-order valence-corrected chi connectivity index (χ0v) is 41.0. The molecule has 0 saturated heterocycles. The molecular weight excluding hydrogens is 917 g/mol. The fourth-order valence-corrected chi connectivity index (χ4v) is 10.3. The molecule has 14 heteroatoms. The van der Waals surface area contributed by atoms with Gasteiger partial charge in [0.1, 0.15) is 27.4 Å². The van der Waals surface area contributed by atoms with E-state index < -0.39 is 0 Å². The van der Waals surface area contributed by atoms with Crippen LogP contribution in [0.4, 0.5) is 5.69 Å². The third-order valence-electron chi connectivity index (χ3n) is 9.85. The Bertz CT molecular complexity index is 2640. The fraction of sp³-hybridized carbons (Fsp3) is 0.264. The maximum Gasteiger partial charge on any atom is 0.124 e. The minimum atomic E-state index is 0.0659. The van der Waals surface area contributed by atoms with E-state index in [0.29, 0.717) is 39.6 Å². The number of thiazole rings is 3. The van der Waals surface area contributed by atoms with E-state index in [-0.39, 0.29) is 13.2 Å². The molecule has 10 nitrogen and oxygen atoms in total. The molecule has 0 spiro atoms. The number of aromatic nitrogens is 3. The number of aliphatic hydroxyl groups is 2. The molecule has 3 N–H and O–H groups in total. The predicted octanol–water partition coefficient (Wildman–Crippen LogP) is 12.5. The first-order valence-corrected chi connectivity index (χ1v) is 25.8. The van der Waals surface area contributed by atoms with Crippen molar-refractivity contribution in [3.63, 3.8) is 0 Å². The van der Waals surface area contributed by atoms with Crippen LogP contribution < -0.4 is 10.1 Å². The third-order valence-corrected chi connectivity index (χ3v) is 14.1. The molecule has 0 fully saturated rings. The second-order valence-corrected chi connectivity index (χ2v) is 19.3. The lowest BCUT2D eigenvalue weighted by molar-refractivity contribution is 0.0992. The lowest BCUT2D eigenvalue weighted by Gasteiger charge is -2.07.